The summed E-state index contributed by atoms with van der Waals surface area (Å²) in [6, 6.07) is 30.5. The molecule has 3 heterocycles. The Morgan fingerprint density at radius 1 is 0.633 bits per heavy atom. The second-order valence-corrected chi connectivity index (χ2v) is 15.3. The molecule has 60 heavy (non-hydrogen) atoms. The molecule has 1 aliphatic heterocycles. The van der Waals surface area contributed by atoms with Crippen molar-refractivity contribution in [3.63, 3.8) is 0 Å². The minimum atomic E-state index is -0.0594. The molecule has 1 fully saturated rings. The van der Waals surface area contributed by atoms with E-state index in [1.165, 1.54) is 6.42 Å². The zero-order valence-corrected chi connectivity index (χ0v) is 36.1. The van der Waals surface area contributed by atoms with Gasteiger partial charge in [0.1, 0.15) is 23.1 Å². The van der Waals surface area contributed by atoms with Gasteiger partial charge in [0, 0.05) is 26.2 Å². The van der Waals surface area contributed by atoms with E-state index in [0.29, 0.717) is 48.6 Å². The second kappa shape index (κ2) is 22.3. The first kappa shape index (κ1) is 44.2. The number of likely N-dealkylation sites (N-methyl/N-ethyl adjacent to an activating group) is 1. The molecule has 0 radical (unpaired) electrons. The number of fused-ring (bicyclic) bond motifs is 2. The van der Waals surface area contributed by atoms with Gasteiger partial charge in [-0.1, -0.05) is 61.9 Å². The van der Waals surface area contributed by atoms with E-state index >= 15 is 0 Å². The zero-order chi connectivity index (χ0) is 42.3. The van der Waals surface area contributed by atoms with Crippen LogP contribution in [0.5, 0.6) is 11.5 Å². The number of rotatable bonds is 16. The molecule has 1 aliphatic rings. The van der Waals surface area contributed by atoms with E-state index in [0.717, 1.165) is 99.1 Å². The van der Waals surface area contributed by atoms with Gasteiger partial charge in [0.05, 0.1) is 59.5 Å². The van der Waals surface area contributed by atoms with Crippen LogP contribution in [0.25, 0.3) is 33.2 Å². The molecular weight excluding hydrogens is 753 g/mol. The highest BCUT2D eigenvalue weighted by molar-refractivity contribution is 5.79. The normalized spacial score (nSPS) is 13.6. The second-order valence-electron chi connectivity index (χ2n) is 15.3. The van der Waals surface area contributed by atoms with Crippen molar-refractivity contribution in [3.8, 4) is 22.9 Å². The van der Waals surface area contributed by atoms with Crippen LogP contribution in [-0.4, -0.2) is 107 Å². The van der Waals surface area contributed by atoms with Crippen molar-refractivity contribution in [3.05, 3.63) is 129 Å². The molecule has 6 aromatic rings. The van der Waals surface area contributed by atoms with Gasteiger partial charge in [-0.3, -0.25) is 28.5 Å². The predicted molar refractivity (Wildman–Crippen MR) is 243 cm³/mol. The summed E-state index contributed by atoms with van der Waals surface area (Å²) in [5.74, 6) is 2.88. The summed E-state index contributed by atoms with van der Waals surface area (Å²) in [5.41, 5.74) is 2.85. The average Bonchev–Trinajstić information content (AvgIpc) is 3.24. The van der Waals surface area contributed by atoms with Gasteiger partial charge >= 0.3 is 0 Å². The van der Waals surface area contributed by atoms with Crippen LogP contribution in [-0.2, 0) is 13.1 Å². The Morgan fingerprint density at radius 3 is 1.77 bits per heavy atom. The van der Waals surface area contributed by atoms with Crippen molar-refractivity contribution in [2.75, 3.05) is 73.1 Å². The van der Waals surface area contributed by atoms with Crippen LogP contribution < -0.4 is 25.9 Å². The summed E-state index contributed by atoms with van der Waals surface area (Å²) in [6.07, 6.45) is 4.55. The summed E-state index contributed by atoms with van der Waals surface area (Å²) in [7, 11) is 4.17. The van der Waals surface area contributed by atoms with Crippen LogP contribution >= 0.6 is 0 Å². The van der Waals surface area contributed by atoms with Crippen molar-refractivity contribution in [1.29, 1.82) is 0 Å². The van der Waals surface area contributed by atoms with Gasteiger partial charge in [-0.2, -0.15) is 0 Å². The van der Waals surface area contributed by atoms with E-state index in [4.69, 9.17) is 19.4 Å². The first-order chi connectivity index (χ1) is 29.3. The molecule has 12 nitrogen and oxygen atoms in total. The molecule has 1 N–H and O–H groups in total. The van der Waals surface area contributed by atoms with E-state index < -0.39 is 0 Å². The number of hydrogen-bond acceptors (Lipinski definition) is 10. The summed E-state index contributed by atoms with van der Waals surface area (Å²) in [5, 5.41) is 4.70. The zero-order valence-electron chi connectivity index (χ0n) is 36.1. The highest BCUT2D eigenvalue weighted by atomic mass is 16.5. The number of ether oxygens (including phenoxy) is 2. The molecule has 0 atom stereocenters. The molecule has 4 aromatic carbocycles. The predicted octanol–water partition coefficient (Wildman–Crippen LogP) is 6.92. The number of benzene rings is 4. The highest BCUT2D eigenvalue weighted by Gasteiger charge is 2.20. The SMILES string of the molecule is CCCCN(CCN(C)C)Cc1nc2ccccc2c(=O)n1-c1ccccc1OCC.CCOc1ccccc1-n1c(CN2CCCCNCC2)nc2ccccc2c1=O. The summed E-state index contributed by atoms with van der Waals surface area (Å²) < 4.78 is 15.2. The number of hydrogen-bond donors (Lipinski definition) is 1. The van der Waals surface area contributed by atoms with Crippen LogP contribution in [0.1, 0.15) is 58.1 Å². The van der Waals surface area contributed by atoms with Crippen LogP contribution in [0.4, 0.5) is 0 Å². The summed E-state index contributed by atoms with van der Waals surface area (Å²) in [4.78, 5) is 43.9. The Labute approximate surface area is 354 Å². The van der Waals surface area contributed by atoms with Crippen molar-refractivity contribution >= 4 is 21.8 Å². The molecule has 0 aliphatic carbocycles. The molecular formula is C48H62N8O4. The molecule has 0 bridgehead atoms. The van der Waals surface area contributed by atoms with E-state index in [1.54, 1.807) is 9.13 Å². The van der Waals surface area contributed by atoms with Crippen LogP contribution in [0.15, 0.2) is 107 Å². The average molecular weight is 815 g/mol. The maximum atomic E-state index is 13.6. The largest absolute Gasteiger partial charge is 0.492 e. The van der Waals surface area contributed by atoms with Crippen LogP contribution in [0.3, 0.4) is 0 Å². The van der Waals surface area contributed by atoms with E-state index in [-0.39, 0.29) is 11.1 Å². The highest BCUT2D eigenvalue weighted by Crippen LogP contribution is 2.26. The minimum Gasteiger partial charge on any atom is -0.492 e. The minimum absolute atomic E-state index is 0.0528. The molecule has 2 aromatic heterocycles. The van der Waals surface area contributed by atoms with Crippen LogP contribution in [0.2, 0.25) is 0 Å². The fourth-order valence-electron chi connectivity index (χ4n) is 7.52. The van der Waals surface area contributed by atoms with Crippen molar-refractivity contribution < 1.29 is 9.47 Å². The molecule has 0 amide bonds. The standard InChI is InChI=1S/C25H34N4O2.C23H28N4O2/c1-5-7-16-28(18-17-27(3)4)19-24-26-21-13-9-8-12-20(21)25(30)29(24)22-14-10-11-15-23(22)31-6-2;1-2-29-21-12-6-5-11-20(21)27-22(17-26-15-8-7-13-24-14-16-26)25-19-10-4-3-9-18(19)23(27)28/h8-15H,5-7,16-19H2,1-4H3;3-6,9-12,24H,2,7-8,13-17H2,1H3. The van der Waals surface area contributed by atoms with Crippen molar-refractivity contribution in [2.45, 2.75) is 59.5 Å². The Kier molecular flexibility index (Phi) is 16.4. The third-order valence-electron chi connectivity index (χ3n) is 10.6. The van der Waals surface area contributed by atoms with E-state index in [2.05, 4.69) is 41.0 Å². The monoisotopic (exact) mass is 814 g/mol. The van der Waals surface area contributed by atoms with E-state index in [9.17, 15) is 9.59 Å². The Hall–Kier alpha value is -5.40. The lowest BCUT2D eigenvalue weighted by atomic mass is 10.2. The van der Waals surface area contributed by atoms with Gasteiger partial charge < -0.3 is 19.7 Å². The van der Waals surface area contributed by atoms with Gasteiger partial charge in [-0.05, 0) is 115 Å². The molecule has 318 valence electrons. The summed E-state index contributed by atoms with van der Waals surface area (Å²) in [6.45, 7) is 15.2. The molecule has 0 spiro atoms. The number of nitrogens with one attached hydrogen (secondary N) is 1. The van der Waals surface area contributed by atoms with Gasteiger partial charge in [-0.15, -0.1) is 0 Å². The first-order valence-electron chi connectivity index (χ1n) is 21.6. The lowest BCUT2D eigenvalue weighted by Gasteiger charge is -2.26. The number of para-hydroxylation sites is 6. The first-order valence-corrected chi connectivity index (χ1v) is 21.6. The Balaban J connectivity index is 0.000000202. The van der Waals surface area contributed by atoms with E-state index in [1.807, 2.05) is 111 Å². The fraction of sp³-hybridized carbons (Fsp3) is 0.417. The number of nitrogens with zero attached hydrogens (tertiary/aromatic N) is 7. The quantitative estimate of drug-likeness (QED) is 0.111. The lowest BCUT2D eigenvalue weighted by molar-refractivity contribution is 0.224. The molecule has 0 saturated carbocycles. The van der Waals surface area contributed by atoms with Gasteiger partial charge in [0.25, 0.3) is 11.1 Å². The van der Waals surface area contributed by atoms with Crippen LogP contribution in [0, 0.1) is 0 Å². The molecule has 0 unspecified atom stereocenters. The smallest absolute Gasteiger partial charge is 0.266 e. The maximum Gasteiger partial charge on any atom is 0.266 e. The third kappa shape index (κ3) is 11.2. The maximum absolute atomic E-state index is 13.6. The van der Waals surface area contributed by atoms with Gasteiger partial charge in [0.15, 0.2) is 0 Å². The van der Waals surface area contributed by atoms with Gasteiger partial charge in [-0.25, -0.2) is 9.97 Å². The number of aromatic nitrogens is 4. The fourth-order valence-corrected chi connectivity index (χ4v) is 7.52. The molecule has 7 rings (SSSR count). The molecule has 12 heteroatoms. The van der Waals surface area contributed by atoms with Crippen molar-refractivity contribution in [2.24, 2.45) is 0 Å². The third-order valence-corrected chi connectivity index (χ3v) is 10.6. The Bertz CT molecular complexity index is 2400. The Morgan fingerprint density at radius 2 is 1.18 bits per heavy atom. The lowest BCUT2D eigenvalue weighted by Crippen LogP contribution is -2.37. The number of unbranched alkanes of at least 4 members (excludes halogenated alkanes) is 1. The van der Waals surface area contributed by atoms with Gasteiger partial charge in [0.2, 0.25) is 0 Å². The summed E-state index contributed by atoms with van der Waals surface area (Å²) >= 11 is 0. The topological polar surface area (TPSA) is 110 Å². The van der Waals surface area contributed by atoms with Crippen molar-refractivity contribution in [1.82, 2.24) is 39.1 Å². The molecule has 1 saturated heterocycles.